The Morgan fingerprint density at radius 1 is 0.872 bits per heavy atom. The summed E-state index contributed by atoms with van der Waals surface area (Å²) in [6.07, 6.45) is 16.7. The van der Waals surface area contributed by atoms with Crippen molar-refractivity contribution < 1.29 is 4.42 Å². The molecule has 2 aromatic heterocycles. The molecule has 0 aliphatic heterocycles. The molecule has 190 valence electrons. The fourth-order valence-corrected chi connectivity index (χ4v) is 4.97. The third-order valence-corrected chi connectivity index (χ3v) is 7.08. The van der Waals surface area contributed by atoms with E-state index in [1.165, 1.54) is 11.1 Å². The minimum atomic E-state index is 0.0660. The number of benzene rings is 2. The Bertz CT molecular complexity index is 1760. The third-order valence-electron chi connectivity index (χ3n) is 7.08. The summed E-state index contributed by atoms with van der Waals surface area (Å²) in [5.74, 6) is 1.38. The quantitative estimate of drug-likeness (QED) is 0.256. The summed E-state index contributed by atoms with van der Waals surface area (Å²) in [7, 11) is 0. The van der Waals surface area contributed by atoms with Gasteiger partial charge in [0.1, 0.15) is 5.35 Å². The van der Waals surface area contributed by atoms with Crippen LogP contribution < -0.4 is 10.8 Å². The van der Waals surface area contributed by atoms with E-state index >= 15 is 0 Å². The summed E-state index contributed by atoms with van der Waals surface area (Å²) >= 11 is 0. The van der Waals surface area contributed by atoms with Gasteiger partial charge in [-0.05, 0) is 54.2 Å². The molecule has 2 heterocycles. The van der Waals surface area contributed by atoms with Gasteiger partial charge in [0.25, 0.3) is 0 Å². The van der Waals surface area contributed by atoms with E-state index in [1.807, 2.05) is 30.4 Å². The molecule has 0 spiro atoms. The number of oxazole rings is 1. The Morgan fingerprint density at radius 2 is 1.59 bits per heavy atom. The summed E-state index contributed by atoms with van der Waals surface area (Å²) in [6.45, 7) is 7.78. The third kappa shape index (κ3) is 5.27. The second-order valence-electron chi connectivity index (χ2n) is 9.72. The highest BCUT2D eigenvalue weighted by Gasteiger charge is 2.20. The van der Waals surface area contributed by atoms with Crippen LogP contribution in [0.2, 0.25) is 0 Å². The monoisotopic (exact) mass is 507 g/mol. The highest BCUT2D eigenvalue weighted by Crippen LogP contribution is 2.33. The molecule has 2 aliphatic carbocycles. The molecule has 0 N–H and O–H groups in total. The number of allylic oxidation sites excluding steroid dienone is 8. The van der Waals surface area contributed by atoms with Crippen LogP contribution in [0.15, 0.2) is 115 Å². The molecule has 0 radical (unpaired) electrons. The fraction of sp³-hybridized carbons (Fsp3) is 0.114. The topological polar surface area (TPSA) is 51.8 Å². The predicted molar refractivity (Wildman–Crippen MR) is 160 cm³/mol. The van der Waals surface area contributed by atoms with E-state index in [2.05, 4.69) is 86.0 Å². The number of aromatic nitrogens is 3. The van der Waals surface area contributed by atoms with Crippen molar-refractivity contribution in [2.24, 2.45) is 0 Å². The molecule has 0 saturated carbocycles. The van der Waals surface area contributed by atoms with E-state index in [-0.39, 0.29) is 5.92 Å². The first-order valence-corrected chi connectivity index (χ1v) is 13.2. The Balaban J connectivity index is 1.38. The Labute approximate surface area is 228 Å². The normalized spacial score (nSPS) is 16.5. The van der Waals surface area contributed by atoms with Gasteiger partial charge >= 0.3 is 0 Å². The first-order valence-electron chi connectivity index (χ1n) is 13.2. The molecule has 0 saturated heterocycles. The van der Waals surface area contributed by atoms with Crippen LogP contribution >= 0.6 is 0 Å². The average molecular weight is 508 g/mol. The van der Waals surface area contributed by atoms with Crippen molar-refractivity contribution in [2.45, 2.75) is 25.2 Å². The molecule has 0 amide bonds. The van der Waals surface area contributed by atoms with Crippen LogP contribution in [-0.4, -0.2) is 15.0 Å². The Hall–Kier alpha value is -4.83. The van der Waals surface area contributed by atoms with E-state index in [4.69, 9.17) is 19.4 Å². The molecule has 4 nitrogen and oxygen atoms in total. The largest absolute Gasteiger partial charge is 0.436 e. The van der Waals surface area contributed by atoms with Gasteiger partial charge in [0.05, 0.1) is 11.4 Å². The predicted octanol–water partition coefficient (Wildman–Crippen LogP) is 6.90. The first kappa shape index (κ1) is 24.5. The molecule has 0 fully saturated rings. The maximum absolute atomic E-state index is 5.98. The van der Waals surface area contributed by atoms with Crippen LogP contribution in [0.4, 0.5) is 0 Å². The van der Waals surface area contributed by atoms with Crippen LogP contribution in [0.3, 0.4) is 0 Å². The second kappa shape index (κ2) is 10.9. The zero-order valence-electron chi connectivity index (χ0n) is 21.8. The molecule has 1 atom stereocenters. The lowest BCUT2D eigenvalue weighted by Crippen LogP contribution is -2.27. The van der Waals surface area contributed by atoms with E-state index < -0.39 is 0 Å². The molecule has 2 aromatic carbocycles. The smallest absolute Gasteiger partial charge is 0.226 e. The number of fused-ring (bicyclic) bond motifs is 1. The molecule has 2 aliphatic rings. The first-order chi connectivity index (χ1) is 19.2. The van der Waals surface area contributed by atoms with Crippen LogP contribution in [0.25, 0.3) is 40.1 Å². The number of rotatable bonds is 7. The van der Waals surface area contributed by atoms with Gasteiger partial charge in [-0.15, -0.1) is 0 Å². The van der Waals surface area contributed by atoms with Crippen LogP contribution in [0.1, 0.15) is 48.2 Å². The summed E-state index contributed by atoms with van der Waals surface area (Å²) in [6, 6.07) is 23.0. The van der Waals surface area contributed by atoms with Crippen LogP contribution in [-0.2, 0) is 0 Å². The van der Waals surface area contributed by atoms with Gasteiger partial charge in [0.15, 0.2) is 11.2 Å². The van der Waals surface area contributed by atoms with Gasteiger partial charge in [0.2, 0.25) is 5.89 Å². The molecule has 0 bridgehead atoms. The average Bonchev–Trinajstić information content (AvgIpc) is 3.44. The van der Waals surface area contributed by atoms with Gasteiger partial charge in [-0.1, -0.05) is 104 Å². The molecule has 1 unspecified atom stereocenters. The maximum atomic E-state index is 5.98. The second-order valence-corrected chi connectivity index (χ2v) is 9.72. The number of hydrogen-bond acceptors (Lipinski definition) is 4. The molecule has 6 rings (SSSR count). The summed E-state index contributed by atoms with van der Waals surface area (Å²) in [5.41, 5.74) is 8.24. The highest BCUT2D eigenvalue weighted by atomic mass is 16.3. The van der Waals surface area contributed by atoms with Gasteiger partial charge in [-0.2, -0.15) is 0 Å². The van der Waals surface area contributed by atoms with Gasteiger partial charge in [-0.3, -0.25) is 0 Å². The number of hydrogen-bond donors (Lipinski definition) is 0. The van der Waals surface area contributed by atoms with Crippen molar-refractivity contribution in [1.82, 2.24) is 15.0 Å². The van der Waals surface area contributed by atoms with Gasteiger partial charge in [-0.25, -0.2) is 15.0 Å². The number of nitrogens with zero attached hydrogens (tertiary/aromatic N) is 3. The van der Waals surface area contributed by atoms with Gasteiger partial charge in [0, 0.05) is 17.1 Å². The Kier molecular flexibility index (Phi) is 6.84. The lowest BCUT2D eigenvalue weighted by atomic mass is 9.92. The molecule has 4 heteroatoms. The summed E-state index contributed by atoms with van der Waals surface area (Å²) in [5, 5.41) is 0.822. The molecule has 4 aromatic rings. The van der Waals surface area contributed by atoms with E-state index in [0.29, 0.717) is 11.5 Å². The van der Waals surface area contributed by atoms with Crippen molar-refractivity contribution in [3.63, 3.8) is 0 Å². The molecular formula is C35H29N3O. The van der Waals surface area contributed by atoms with E-state index in [1.54, 1.807) is 6.08 Å². The van der Waals surface area contributed by atoms with Crippen LogP contribution in [0.5, 0.6) is 0 Å². The van der Waals surface area contributed by atoms with Crippen molar-refractivity contribution >= 4 is 28.9 Å². The van der Waals surface area contributed by atoms with E-state index in [9.17, 15) is 0 Å². The Morgan fingerprint density at radius 3 is 2.31 bits per heavy atom. The van der Waals surface area contributed by atoms with Crippen molar-refractivity contribution in [1.29, 1.82) is 0 Å². The lowest BCUT2D eigenvalue weighted by molar-refractivity contribution is 0.509. The minimum Gasteiger partial charge on any atom is -0.436 e. The standard InChI is InChI=1S/C35H29N3O/c1-3-4-11-24(2)35-38-32-22-29(20-21-33(32)39-35)31-23-30(27-14-9-6-10-15-27)36-34(37-31)28-18-16-26(17-19-28)25-12-7-5-8-13-25/h3-16,18,21-23,29H,1-2,17,19-20H2/b11-4-. The highest BCUT2D eigenvalue weighted by molar-refractivity contribution is 5.77. The maximum Gasteiger partial charge on any atom is 0.226 e. The summed E-state index contributed by atoms with van der Waals surface area (Å²) in [4.78, 5) is 14.8. The zero-order chi connectivity index (χ0) is 26.6. The van der Waals surface area contributed by atoms with Gasteiger partial charge < -0.3 is 4.42 Å². The van der Waals surface area contributed by atoms with E-state index in [0.717, 1.165) is 58.4 Å². The summed E-state index contributed by atoms with van der Waals surface area (Å²) < 4.78 is 5.98. The SMILES string of the molecule is C=C/C=C\C(=C)c1nc2c(o1)=CCC(c1cc(-c3ccccc3)nc(C3=CC=C(c4ccccc4)CC3)n1)C=2. The zero-order valence-corrected chi connectivity index (χ0v) is 21.8. The molecule has 39 heavy (non-hydrogen) atoms. The lowest BCUT2D eigenvalue weighted by Gasteiger charge is -2.18. The fourth-order valence-electron chi connectivity index (χ4n) is 4.97. The minimum absolute atomic E-state index is 0.0660. The van der Waals surface area contributed by atoms with Crippen LogP contribution in [0, 0.1) is 0 Å². The molecular weight excluding hydrogens is 478 g/mol. The van der Waals surface area contributed by atoms with Crippen molar-refractivity contribution in [3.8, 4) is 11.3 Å². The van der Waals surface area contributed by atoms with Crippen molar-refractivity contribution in [2.75, 3.05) is 0 Å². The van der Waals surface area contributed by atoms with Crippen molar-refractivity contribution in [3.05, 3.63) is 144 Å².